The molecule has 1 saturated heterocycles. The molecule has 0 aromatic heterocycles. The molecular weight excluding hydrogens is 312 g/mol. The van der Waals surface area contributed by atoms with Crippen LogP contribution in [-0.4, -0.2) is 43.6 Å². The van der Waals surface area contributed by atoms with Crippen LogP contribution < -0.4 is 10.1 Å². The molecule has 0 spiro atoms. The van der Waals surface area contributed by atoms with E-state index in [0.29, 0.717) is 29.5 Å². The summed E-state index contributed by atoms with van der Waals surface area (Å²) in [6, 6.07) is 5.16. The lowest BCUT2D eigenvalue weighted by molar-refractivity contribution is 0.0950. The molecule has 23 heavy (non-hydrogen) atoms. The number of nitrogens with one attached hydrogen (secondary N) is 1. The number of amides is 1. The first kappa shape index (κ1) is 18.1. The molecule has 128 valence electrons. The smallest absolute Gasteiger partial charge is 0.251 e. The van der Waals surface area contributed by atoms with Crippen LogP contribution in [-0.2, 0) is 0 Å². The molecule has 2 rings (SSSR count). The summed E-state index contributed by atoms with van der Waals surface area (Å²) < 4.78 is 5.38. The molecule has 1 aliphatic rings. The molecular formula is C18H27ClN2O2. The van der Waals surface area contributed by atoms with E-state index in [0.717, 1.165) is 18.9 Å². The number of likely N-dealkylation sites (tertiary alicyclic amines) is 1. The summed E-state index contributed by atoms with van der Waals surface area (Å²) in [6.07, 6.45) is 3.60. The summed E-state index contributed by atoms with van der Waals surface area (Å²) >= 11 is 6.12. The van der Waals surface area contributed by atoms with Crippen LogP contribution >= 0.6 is 11.6 Å². The fourth-order valence-electron chi connectivity index (χ4n) is 3.01. The molecule has 0 bridgehead atoms. The van der Waals surface area contributed by atoms with Crippen molar-refractivity contribution in [3.63, 3.8) is 0 Å². The van der Waals surface area contributed by atoms with Gasteiger partial charge in [0.25, 0.3) is 5.91 Å². The molecule has 1 aliphatic heterocycles. The van der Waals surface area contributed by atoms with Gasteiger partial charge in [-0.2, -0.15) is 0 Å². The first-order valence-electron chi connectivity index (χ1n) is 8.53. The Morgan fingerprint density at radius 2 is 2.30 bits per heavy atom. The van der Waals surface area contributed by atoms with Gasteiger partial charge in [0.05, 0.1) is 11.6 Å². The van der Waals surface area contributed by atoms with Crippen molar-refractivity contribution in [1.82, 2.24) is 10.2 Å². The van der Waals surface area contributed by atoms with E-state index < -0.39 is 0 Å². The van der Waals surface area contributed by atoms with Gasteiger partial charge in [0.1, 0.15) is 5.75 Å². The molecule has 0 aliphatic carbocycles. The summed E-state index contributed by atoms with van der Waals surface area (Å²) in [6.45, 7) is 8.88. The Kier molecular flexibility index (Phi) is 7.18. The van der Waals surface area contributed by atoms with Gasteiger partial charge >= 0.3 is 0 Å². The first-order chi connectivity index (χ1) is 11.1. The number of carbonyl (C=O) groups excluding carboxylic acids is 1. The van der Waals surface area contributed by atoms with Crippen LogP contribution in [0.3, 0.4) is 0 Å². The van der Waals surface area contributed by atoms with E-state index in [1.165, 1.54) is 25.9 Å². The number of piperidine rings is 1. The van der Waals surface area contributed by atoms with Gasteiger partial charge in [0.2, 0.25) is 0 Å². The zero-order chi connectivity index (χ0) is 16.7. The second kappa shape index (κ2) is 9.14. The second-order valence-corrected chi connectivity index (χ2v) is 6.64. The van der Waals surface area contributed by atoms with Crippen molar-refractivity contribution in [3.05, 3.63) is 28.8 Å². The van der Waals surface area contributed by atoms with Gasteiger partial charge < -0.3 is 15.0 Å². The fourth-order valence-corrected chi connectivity index (χ4v) is 3.25. The van der Waals surface area contributed by atoms with Crippen LogP contribution in [0.15, 0.2) is 18.2 Å². The number of nitrogens with zero attached hydrogens (tertiary/aromatic N) is 1. The van der Waals surface area contributed by atoms with E-state index in [9.17, 15) is 4.79 Å². The van der Waals surface area contributed by atoms with Crippen molar-refractivity contribution in [2.75, 3.05) is 32.8 Å². The molecule has 1 aromatic carbocycles. The van der Waals surface area contributed by atoms with E-state index in [1.54, 1.807) is 18.2 Å². The highest BCUT2D eigenvalue weighted by atomic mass is 35.5. The van der Waals surface area contributed by atoms with E-state index in [4.69, 9.17) is 16.3 Å². The number of hydrogen-bond acceptors (Lipinski definition) is 3. The van der Waals surface area contributed by atoms with Crippen molar-refractivity contribution in [2.45, 2.75) is 33.1 Å². The van der Waals surface area contributed by atoms with Crippen molar-refractivity contribution in [2.24, 2.45) is 5.92 Å². The van der Waals surface area contributed by atoms with E-state index in [2.05, 4.69) is 17.1 Å². The molecule has 1 aromatic rings. The molecule has 1 unspecified atom stereocenters. The van der Waals surface area contributed by atoms with Gasteiger partial charge in [-0.3, -0.25) is 4.79 Å². The summed E-state index contributed by atoms with van der Waals surface area (Å²) in [4.78, 5) is 14.6. The van der Waals surface area contributed by atoms with Crippen LogP contribution in [0.2, 0.25) is 5.02 Å². The Balaban J connectivity index is 1.73. The molecule has 0 saturated carbocycles. The largest absolute Gasteiger partial charge is 0.492 e. The number of ether oxygens (including phenoxy) is 1. The van der Waals surface area contributed by atoms with Crippen molar-refractivity contribution < 1.29 is 9.53 Å². The minimum atomic E-state index is -0.0815. The minimum absolute atomic E-state index is 0.0815. The maximum absolute atomic E-state index is 12.1. The Morgan fingerprint density at radius 1 is 1.48 bits per heavy atom. The number of rotatable bonds is 7. The maximum atomic E-state index is 12.1. The lowest BCUT2D eigenvalue weighted by atomic mass is 10.0. The molecule has 1 heterocycles. The number of benzene rings is 1. The van der Waals surface area contributed by atoms with Crippen LogP contribution in [0, 0.1) is 5.92 Å². The van der Waals surface area contributed by atoms with E-state index in [1.807, 2.05) is 6.92 Å². The molecule has 1 fully saturated rings. The van der Waals surface area contributed by atoms with Gasteiger partial charge in [-0.1, -0.05) is 18.5 Å². The molecule has 1 N–H and O–H groups in total. The van der Waals surface area contributed by atoms with Gasteiger partial charge in [-0.05, 0) is 63.4 Å². The third-order valence-electron chi connectivity index (χ3n) is 4.17. The van der Waals surface area contributed by atoms with E-state index >= 15 is 0 Å². The lowest BCUT2D eigenvalue weighted by Gasteiger charge is -2.30. The SMILES string of the molecule is CCOc1ccc(C(=O)NCCCN2CCCC(C)C2)cc1Cl. The summed E-state index contributed by atoms with van der Waals surface area (Å²) in [5, 5.41) is 3.44. The summed E-state index contributed by atoms with van der Waals surface area (Å²) in [5.41, 5.74) is 0.574. The molecule has 1 amide bonds. The zero-order valence-electron chi connectivity index (χ0n) is 14.1. The highest BCUT2D eigenvalue weighted by Crippen LogP contribution is 2.25. The predicted molar refractivity (Wildman–Crippen MR) is 94.4 cm³/mol. The second-order valence-electron chi connectivity index (χ2n) is 6.24. The Morgan fingerprint density at radius 3 is 3.00 bits per heavy atom. The van der Waals surface area contributed by atoms with Gasteiger partial charge in [0, 0.05) is 18.7 Å². The standard InChI is InChI=1S/C18H27ClN2O2/c1-3-23-17-8-7-15(12-16(17)19)18(22)20-9-5-11-21-10-4-6-14(2)13-21/h7-8,12,14H,3-6,9-11,13H2,1-2H3,(H,20,22). The highest BCUT2D eigenvalue weighted by molar-refractivity contribution is 6.32. The van der Waals surface area contributed by atoms with Crippen LogP contribution in [0.5, 0.6) is 5.75 Å². The molecule has 1 atom stereocenters. The Hall–Kier alpha value is -1.26. The average molecular weight is 339 g/mol. The van der Waals surface area contributed by atoms with Gasteiger partial charge in [-0.25, -0.2) is 0 Å². The molecule has 4 nitrogen and oxygen atoms in total. The van der Waals surface area contributed by atoms with Crippen LogP contribution in [0.1, 0.15) is 43.5 Å². The van der Waals surface area contributed by atoms with E-state index in [-0.39, 0.29) is 5.91 Å². The molecule has 5 heteroatoms. The van der Waals surface area contributed by atoms with Gasteiger partial charge in [0.15, 0.2) is 0 Å². The lowest BCUT2D eigenvalue weighted by Crippen LogP contribution is -2.36. The normalized spacial score (nSPS) is 18.7. The number of hydrogen-bond donors (Lipinski definition) is 1. The quantitative estimate of drug-likeness (QED) is 0.772. The van der Waals surface area contributed by atoms with Crippen molar-refractivity contribution in [3.8, 4) is 5.75 Å². The predicted octanol–water partition coefficient (Wildman–Crippen LogP) is 3.59. The van der Waals surface area contributed by atoms with Gasteiger partial charge in [-0.15, -0.1) is 0 Å². The first-order valence-corrected chi connectivity index (χ1v) is 8.91. The van der Waals surface area contributed by atoms with Crippen LogP contribution in [0.25, 0.3) is 0 Å². The van der Waals surface area contributed by atoms with Crippen molar-refractivity contribution in [1.29, 1.82) is 0 Å². The number of halogens is 1. The summed E-state index contributed by atoms with van der Waals surface area (Å²) in [7, 11) is 0. The van der Waals surface area contributed by atoms with Crippen LogP contribution in [0.4, 0.5) is 0 Å². The average Bonchev–Trinajstić information content (AvgIpc) is 2.53. The highest BCUT2D eigenvalue weighted by Gasteiger charge is 2.15. The van der Waals surface area contributed by atoms with Crippen molar-refractivity contribution >= 4 is 17.5 Å². The zero-order valence-corrected chi connectivity index (χ0v) is 14.9. The minimum Gasteiger partial charge on any atom is -0.492 e. The third-order valence-corrected chi connectivity index (χ3v) is 4.47. The number of carbonyl (C=O) groups is 1. The topological polar surface area (TPSA) is 41.6 Å². The Labute approximate surface area is 144 Å². The summed E-state index contributed by atoms with van der Waals surface area (Å²) in [5.74, 6) is 1.33. The molecule has 0 radical (unpaired) electrons. The Bertz CT molecular complexity index is 522. The maximum Gasteiger partial charge on any atom is 0.251 e. The monoisotopic (exact) mass is 338 g/mol. The third kappa shape index (κ3) is 5.70. The fraction of sp³-hybridized carbons (Fsp3) is 0.611.